The van der Waals surface area contributed by atoms with Crippen molar-refractivity contribution in [3.05, 3.63) is 35.9 Å². The SMILES string of the molecule is Cn1nccc1CCNC(=O)c1cc(N)c[nH]1. The first-order valence-corrected chi connectivity index (χ1v) is 5.36. The number of nitrogens with zero attached hydrogens (tertiary/aromatic N) is 2. The van der Waals surface area contributed by atoms with E-state index in [1.165, 1.54) is 0 Å². The highest BCUT2D eigenvalue weighted by Crippen LogP contribution is 2.04. The second-order valence-electron chi connectivity index (χ2n) is 3.80. The van der Waals surface area contributed by atoms with E-state index in [1.807, 2.05) is 13.1 Å². The molecule has 0 aromatic carbocycles. The van der Waals surface area contributed by atoms with Gasteiger partial charge in [0.15, 0.2) is 0 Å². The van der Waals surface area contributed by atoms with Crippen molar-refractivity contribution >= 4 is 11.6 Å². The van der Waals surface area contributed by atoms with Crippen molar-refractivity contribution in [2.75, 3.05) is 12.3 Å². The minimum Gasteiger partial charge on any atom is -0.397 e. The van der Waals surface area contributed by atoms with E-state index < -0.39 is 0 Å². The number of hydrogen-bond acceptors (Lipinski definition) is 3. The molecular formula is C11H15N5O. The summed E-state index contributed by atoms with van der Waals surface area (Å²) in [6, 6.07) is 3.54. The first-order valence-electron chi connectivity index (χ1n) is 5.36. The second-order valence-corrected chi connectivity index (χ2v) is 3.80. The summed E-state index contributed by atoms with van der Waals surface area (Å²) in [6.07, 6.45) is 4.08. The van der Waals surface area contributed by atoms with Crippen LogP contribution < -0.4 is 11.1 Å². The van der Waals surface area contributed by atoms with Gasteiger partial charge < -0.3 is 16.0 Å². The Morgan fingerprint density at radius 3 is 3.06 bits per heavy atom. The fourth-order valence-electron chi connectivity index (χ4n) is 1.59. The van der Waals surface area contributed by atoms with Gasteiger partial charge >= 0.3 is 0 Å². The van der Waals surface area contributed by atoms with Crippen molar-refractivity contribution in [1.82, 2.24) is 20.1 Å². The Morgan fingerprint density at radius 2 is 2.47 bits per heavy atom. The third-order valence-corrected chi connectivity index (χ3v) is 2.54. The van der Waals surface area contributed by atoms with E-state index in [2.05, 4.69) is 15.4 Å². The van der Waals surface area contributed by atoms with Crippen LogP contribution in [0.1, 0.15) is 16.2 Å². The zero-order valence-electron chi connectivity index (χ0n) is 9.60. The number of nitrogens with one attached hydrogen (secondary N) is 2. The summed E-state index contributed by atoms with van der Waals surface area (Å²) in [4.78, 5) is 14.5. The zero-order valence-corrected chi connectivity index (χ0v) is 9.60. The van der Waals surface area contributed by atoms with Gasteiger partial charge in [0.25, 0.3) is 5.91 Å². The fraction of sp³-hybridized carbons (Fsp3) is 0.273. The second kappa shape index (κ2) is 4.73. The number of aryl methyl sites for hydroxylation is 1. The molecule has 6 heteroatoms. The molecular weight excluding hydrogens is 218 g/mol. The minimum atomic E-state index is -0.149. The van der Waals surface area contributed by atoms with Crippen LogP contribution in [-0.2, 0) is 13.5 Å². The predicted octanol–water partition coefficient (Wildman–Crippen LogP) is 0.303. The highest BCUT2D eigenvalue weighted by Gasteiger charge is 2.07. The number of aromatic amines is 1. The van der Waals surface area contributed by atoms with Crippen molar-refractivity contribution < 1.29 is 4.79 Å². The molecule has 6 nitrogen and oxygen atoms in total. The Kier molecular flexibility index (Phi) is 3.13. The predicted molar refractivity (Wildman–Crippen MR) is 64.5 cm³/mol. The molecule has 0 aliphatic heterocycles. The number of hydrogen-bond donors (Lipinski definition) is 3. The zero-order chi connectivity index (χ0) is 12.3. The standard InChI is InChI=1S/C11H15N5O/c1-16-9(3-5-15-16)2-4-13-11(17)10-6-8(12)7-14-10/h3,5-7,14H,2,4,12H2,1H3,(H,13,17). The molecule has 2 rings (SSSR count). The van der Waals surface area contributed by atoms with Crippen LogP contribution in [0.25, 0.3) is 0 Å². The number of H-pyrrole nitrogens is 1. The van der Waals surface area contributed by atoms with E-state index in [1.54, 1.807) is 23.1 Å². The molecule has 0 unspecified atom stereocenters. The van der Waals surface area contributed by atoms with Crippen molar-refractivity contribution in [3.63, 3.8) is 0 Å². The molecule has 0 aliphatic carbocycles. The molecule has 0 fully saturated rings. The number of carbonyl (C=O) groups excluding carboxylic acids is 1. The Hall–Kier alpha value is -2.24. The van der Waals surface area contributed by atoms with Crippen molar-refractivity contribution in [1.29, 1.82) is 0 Å². The molecule has 2 aromatic heterocycles. The molecule has 4 N–H and O–H groups in total. The first kappa shape index (κ1) is 11.3. The smallest absolute Gasteiger partial charge is 0.267 e. The molecule has 90 valence electrons. The van der Waals surface area contributed by atoms with Crippen molar-refractivity contribution in [2.45, 2.75) is 6.42 Å². The lowest BCUT2D eigenvalue weighted by Crippen LogP contribution is -2.26. The number of carbonyl (C=O) groups is 1. The maximum atomic E-state index is 11.7. The molecule has 0 radical (unpaired) electrons. The summed E-state index contributed by atoms with van der Waals surface area (Å²) in [5, 5.41) is 6.87. The summed E-state index contributed by atoms with van der Waals surface area (Å²) >= 11 is 0. The minimum absolute atomic E-state index is 0.149. The highest BCUT2D eigenvalue weighted by atomic mass is 16.1. The van der Waals surface area contributed by atoms with Crippen LogP contribution in [0.4, 0.5) is 5.69 Å². The molecule has 0 bridgehead atoms. The lowest BCUT2D eigenvalue weighted by Gasteiger charge is -2.04. The quantitative estimate of drug-likeness (QED) is 0.709. The monoisotopic (exact) mass is 233 g/mol. The molecule has 0 aliphatic rings. The van der Waals surface area contributed by atoms with Crippen molar-refractivity contribution in [2.24, 2.45) is 7.05 Å². The summed E-state index contributed by atoms with van der Waals surface area (Å²) in [5.74, 6) is -0.149. The molecule has 17 heavy (non-hydrogen) atoms. The number of nitrogen functional groups attached to an aromatic ring is 1. The summed E-state index contributed by atoms with van der Waals surface area (Å²) in [6.45, 7) is 0.567. The molecule has 0 saturated heterocycles. The molecule has 2 aromatic rings. The van der Waals surface area contributed by atoms with Gasteiger partial charge in [-0.25, -0.2) is 0 Å². The van der Waals surface area contributed by atoms with Crippen LogP contribution in [-0.4, -0.2) is 27.2 Å². The van der Waals surface area contributed by atoms with Crippen LogP contribution in [0.3, 0.4) is 0 Å². The first-order chi connectivity index (χ1) is 8.16. The average molecular weight is 233 g/mol. The molecule has 0 saturated carbocycles. The van der Waals surface area contributed by atoms with Gasteiger partial charge in [-0.05, 0) is 12.1 Å². The van der Waals surface area contributed by atoms with Crippen LogP contribution in [0.5, 0.6) is 0 Å². The van der Waals surface area contributed by atoms with Gasteiger partial charge in [0.2, 0.25) is 0 Å². The number of anilines is 1. The highest BCUT2D eigenvalue weighted by molar-refractivity contribution is 5.93. The van der Waals surface area contributed by atoms with Crippen LogP contribution >= 0.6 is 0 Å². The van der Waals surface area contributed by atoms with Crippen LogP contribution in [0.15, 0.2) is 24.5 Å². The van der Waals surface area contributed by atoms with E-state index in [4.69, 9.17) is 5.73 Å². The lowest BCUT2D eigenvalue weighted by molar-refractivity contribution is 0.0949. The number of rotatable bonds is 4. The Bertz CT molecular complexity index is 513. The molecule has 2 heterocycles. The normalized spacial score (nSPS) is 10.4. The van der Waals surface area contributed by atoms with E-state index in [0.717, 1.165) is 12.1 Å². The number of aromatic nitrogens is 3. The number of amides is 1. The van der Waals surface area contributed by atoms with Gasteiger partial charge in [-0.1, -0.05) is 0 Å². The summed E-state index contributed by atoms with van der Waals surface area (Å²) in [5.41, 5.74) is 7.64. The Labute approximate surface area is 98.8 Å². The fourth-order valence-corrected chi connectivity index (χ4v) is 1.59. The maximum Gasteiger partial charge on any atom is 0.267 e. The third kappa shape index (κ3) is 2.66. The Balaban J connectivity index is 1.83. The van der Waals surface area contributed by atoms with Crippen molar-refractivity contribution in [3.8, 4) is 0 Å². The van der Waals surface area contributed by atoms with Crippen LogP contribution in [0, 0.1) is 0 Å². The largest absolute Gasteiger partial charge is 0.397 e. The summed E-state index contributed by atoms with van der Waals surface area (Å²) < 4.78 is 1.79. The average Bonchev–Trinajstić information content (AvgIpc) is 2.88. The van der Waals surface area contributed by atoms with Gasteiger partial charge in [0.05, 0.1) is 0 Å². The Morgan fingerprint density at radius 1 is 1.65 bits per heavy atom. The van der Waals surface area contributed by atoms with Crippen LogP contribution in [0.2, 0.25) is 0 Å². The van der Waals surface area contributed by atoms with E-state index >= 15 is 0 Å². The van der Waals surface area contributed by atoms with Gasteiger partial charge in [-0.15, -0.1) is 0 Å². The van der Waals surface area contributed by atoms with Gasteiger partial charge in [0, 0.05) is 43.8 Å². The topological polar surface area (TPSA) is 88.7 Å². The van der Waals surface area contributed by atoms with Gasteiger partial charge in [-0.2, -0.15) is 5.10 Å². The third-order valence-electron chi connectivity index (χ3n) is 2.54. The summed E-state index contributed by atoms with van der Waals surface area (Å²) in [7, 11) is 1.88. The molecule has 0 atom stereocenters. The van der Waals surface area contributed by atoms with E-state index in [0.29, 0.717) is 17.9 Å². The molecule has 0 spiro atoms. The lowest BCUT2D eigenvalue weighted by atomic mass is 10.3. The van der Waals surface area contributed by atoms with E-state index in [9.17, 15) is 4.79 Å². The molecule has 1 amide bonds. The maximum absolute atomic E-state index is 11.7. The number of nitrogens with two attached hydrogens (primary N) is 1. The van der Waals surface area contributed by atoms with E-state index in [-0.39, 0.29) is 5.91 Å². The van der Waals surface area contributed by atoms with Gasteiger partial charge in [0.1, 0.15) is 5.69 Å². The van der Waals surface area contributed by atoms with Gasteiger partial charge in [-0.3, -0.25) is 9.48 Å².